The molecule has 0 aliphatic rings. The summed E-state index contributed by atoms with van der Waals surface area (Å²) in [5.74, 6) is 1.55. The number of fused-ring (bicyclic) bond motifs is 1. The Bertz CT molecular complexity index is 1320. The van der Waals surface area contributed by atoms with E-state index >= 15 is 0 Å². The number of para-hydroxylation sites is 1. The lowest BCUT2D eigenvalue weighted by Gasteiger charge is -2.25. The van der Waals surface area contributed by atoms with Gasteiger partial charge in [0.1, 0.15) is 5.75 Å². The van der Waals surface area contributed by atoms with E-state index in [4.69, 9.17) is 4.74 Å². The molecule has 8 heteroatoms. The third-order valence-electron chi connectivity index (χ3n) is 5.59. The smallest absolute Gasteiger partial charge is 0.252 e. The lowest BCUT2D eigenvalue weighted by molar-refractivity contribution is 0.221. The van der Waals surface area contributed by atoms with Crippen LogP contribution in [0.4, 0.5) is 0 Å². The summed E-state index contributed by atoms with van der Waals surface area (Å²) in [6, 6.07) is 15.9. The van der Waals surface area contributed by atoms with Crippen molar-refractivity contribution in [2.24, 2.45) is 0 Å². The number of nitrogens with zero attached hydrogens (tertiary/aromatic N) is 5. The zero-order valence-corrected chi connectivity index (χ0v) is 19.8. The van der Waals surface area contributed by atoms with E-state index in [1.807, 2.05) is 54.1 Å². The van der Waals surface area contributed by atoms with Crippen LogP contribution in [-0.4, -0.2) is 37.2 Å². The fourth-order valence-corrected chi connectivity index (χ4v) is 4.00. The van der Waals surface area contributed by atoms with Crippen molar-refractivity contribution in [3.63, 3.8) is 0 Å². The molecule has 2 heterocycles. The van der Waals surface area contributed by atoms with Gasteiger partial charge in [-0.05, 0) is 67.8 Å². The minimum atomic E-state index is -0.257. The Labute approximate surface area is 193 Å². The zero-order valence-electron chi connectivity index (χ0n) is 19.8. The number of tetrazole rings is 1. The van der Waals surface area contributed by atoms with Crippen LogP contribution in [0.5, 0.6) is 5.75 Å². The van der Waals surface area contributed by atoms with E-state index in [9.17, 15) is 4.79 Å². The van der Waals surface area contributed by atoms with Gasteiger partial charge >= 0.3 is 0 Å². The third-order valence-corrected chi connectivity index (χ3v) is 5.59. The highest BCUT2D eigenvalue weighted by Gasteiger charge is 2.22. The van der Waals surface area contributed by atoms with Gasteiger partial charge in [0.25, 0.3) is 5.56 Å². The largest absolute Gasteiger partial charge is 0.496 e. The average Bonchev–Trinajstić information content (AvgIpc) is 3.23. The number of aryl methyl sites for hydroxylation is 1. The number of hydrogen-bond donors (Lipinski definition) is 1. The number of ether oxygens (including phenoxy) is 1. The standard InChI is InChI=1S/C25H30N6O2/c1-17-10-11-21-19(12-17)13-20(24(32)26-21)15-30(14-18-8-6-7-9-22(18)33-5)16-23-27-28-29-31(23)25(2,3)4/h6-13H,14-16H2,1-5H3,(H,26,32). The van der Waals surface area contributed by atoms with Crippen LogP contribution in [0, 0.1) is 6.92 Å². The third kappa shape index (κ3) is 5.12. The molecule has 0 unspecified atom stereocenters. The van der Waals surface area contributed by atoms with Crippen molar-refractivity contribution in [1.29, 1.82) is 0 Å². The van der Waals surface area contributed by atoms with E-state index < -0.39 is 0 Å². The second-order valence-electron chi connectivity index (χ2n) is 9.35. The monoisotopic (exact) mass is 446 g/mol. The number of pyridine rings is 1. The summed E-state index contributed by atoms with van der Waals surface area (Å²) >= 11 is 0. The molecule has 0 aliphatic carbocycles. The Hall–Kier alpha value is -3.52. The highest BCUT2D eigenvalue weighted by Crippen LogP contribution is 2.23. The number of nitrogens with one attached hydrogen (secondary N) is 1. The molecule has 0 saturated heterocycles. The van der Waals surface area contributed by atoms with Crippen LogP contribution in [-0.2, 0) is 25.2 Å². The van der Waals surface area contributed by atoms with Gasteiger partial charge in [-0.1, -0.05) is 29.8 Å². The number of benzene rings is 2. The molecule has 0 spiro atoms. The van der Waals surface area contributed by atoms with Crippen LogP contribution >= 0.6 is 0 Å². The fourth-order valence-electron chi connectivity index (χ4n) is 4.00. The molecule has 172 valence electrons. The molecule has 0 atom stereocenters. The summed E-state index contributed by atoms with van der Waals surface area (Å²) in [6.45, 7) is 9.73. The number of hydrogen-bond acceptors (Lipinski definition) is 6. The first-order valence-electron chi connectivity index (χ1n) is 11.0. The van der Waals surface area contributed by atoms with E-state index in [-0.39, 0.29) is 11.1 Å². The van der Waals surface area contributed by atoms with Gasteiger partial charge < -0.3 is 9.72 Å². The Balaban J connectivity index is 1.71. The van der Waals surface area contributed by atoms with Crippen molar-refractivity contribution in [1.82, 2.24) is 30.1 Å². The summed E-state index contributed by atoms with van der Waals surface area (Å²) in [7, 11) is 1.67. The summed E-state index contributed by atoms with van der Waals surface area (Å²) in [4.78, 5) is 18.1. The van der Waals surface area contributed by atoms with E-state index in [0.717, 1.165) is 33.6 Å². The molecule has 4 aromatic rings. The first kappa shape index (κ1) is 22.7. The topological polar surface area (TPSA) is 88.9 Å². The van der Waals surface area contributed by atoms with Crippen molar-refractivity contribution < 1.29 is 4.74 Å². The second-order valence-corrected chi connectivity index (χ2v) is 9.35. The molecule has 1 N–H and O–H groups in total. The molecule has 0 fully saturated rings. The second kappa shape index (κ2) is 9.15. The first-order chi connectivity index (χ1) is 15.7. The van der Waals surface area contributed by atoms with Crippen molar-refractivity contribution >= 4 is 10.9 Å². The van der Waals surface area contributed by atoms with Gasteiger partial charge in [-0.15, -0.1) is 5.10 Å². The maximum atomic E-state index is 12.9. The van der Waals surface area contributed by atoms with E-state index in [1.54, 1.807) is 7.11 Å². The molecule has 0 amide bonds. The van der Waals surface area contributed by atoms with E-state index in [2.05, 4.69) is 52.2 Å². The number of H-pyrrole nitrogens is 1. The minimum Gasteiger partial charge on any atom is -0.496 e. The Morgan fingerprint density at radius 2 is 1.79 bits per heavy atom. The van der Waals surface area contributed by atoms with Crippen molar-refractivity contribution in [2.45, 2.75) is 52.9 Å². The molecule has 0 aliphatic heterocycles. The molecule has 0 saturated carbocycles. The molecule has 2 aromatic heterocycles. The van der Waals surface area contributed by atoms with E-state index in [0.29, 0.717) is 25.2 Å². The lowest BCUT2D eigenvalue weighted by Crippen LogP contribution is -2.31. The molecule has 0 bridgehead atoms. The SMILES string of the molecule is COc1ccccc1CN(Cc1cc2cc(C)ccc2[nH]c1=O)Cc1nnnn1C(C)(C)C. The van der Waals surface area contributed by atoms with Crippen LogP contribution in [0.1, 0.15) is 43.3 Å². The molecular weight excluding hydrogens is 416 g/mol. The molecular formula is C25H30N6O2. The summed E-state index contributed by atoms with van der Waals surface area (Å²) in [6.07, 6.45) is 0. The van der Waals surface area contributed by atoms with Crippen molar-refractivity contribution in [2.75, 3.05) is 7.11 Å². The van der Waals surface area contributed by atoms with Gasteiger partial charge in [0.2, 0.25) is 0 Å². The molecule has 4 rings (SSSR count). The minimum absolute atomic E-state index is 0.0909. The normalized spacial score (nSPS) is 11.9. The van der Waals surface area contributed by atoms with Gasteiger partial charge in [-0.2, -0.15) is 0 Å². The quantitative estimate of drug-likeness (QED) is 0.465. The van der Waals surface area contributed by atoms with Gasteiger partial charge in [0.05, 0.1) is 19.2 Å². The maximum Gasteiger partial charge on any atom is 0.252 e. The predicted molar refractivity (Wildman–Crippen MR) is 128 cm³/mol. The van der Waals surface area contributed by atoms with Crippen LogP contribution in [0.2, 0.25) is 0 Å². The highest BCUT2D eigenvalue weighted by molar-refractivity contribution is 5.79. The Morgan fingerprint density at radius 1 is 1.03 bits per heavy atom. The predicted octanol–water partition coefficient (Wildman–Crippen LogP) is 3.79. The number of aromatic nitrogens is 5. The summed E-state index contributed by atoms with van der Waals surface area (Å²) in [5.41, 5.74) is 3.36. The van der Waals surface area contributed by atoms with E-state index in [1.165, 1.54) is 0 Å². The number of aromatic amines is 1. The van der Waals surface area contributed by atoms with Crippen LogP contribution < -0.4 is 10.3 Å². The van der Waals surface area contributed by atoms with Crippen LogP contribution in [0.25, 0.3) is 10.9 Å². The van der Waals surface area contributed by atoms with Crippen molar-refractivity contribution in [3.05, 3.63) is 81.4 Å². The van der Waals surface area contributed by atoms with Crippen LogP contribution in [0.15, 0.2) is 53.3 Å². The first-order valence-corrected chi connectivity index (χ1v) is 11.0. The van der Waals surface area contributed by atoms with Gasteiger partial charge in [-0.3, -0.25) is 9.69 Å². The highest BCUT2D eigenvalue weighted by atomic mass is 16.5. The molecule has 8 nitrogen and oxygen atoms in total. The summed E-state index contributed by atoms with van der Waals surface area (Å²) in [5, 5.41) is 13.4. The molecule has 0 radical (unpaired) electrons. The van der Waals surface area contributed by atoms with Crippen LogP contribution in [0.3, 0.4) is 0 Å². The Kier molecular flexibility index (Phi) is 6.29. The van der Waals surface area contributed by atoms with Gasteiger partial charge in [0.15, 0.2) is 5.82 Å². The van der Waals surface area contributed by atoms with Crippen molar-refractivity contribution in [3.8, 4) is 5.75 Å². The summed E-state index contributed by atoms with van der Waals surface area (Å²) < 4.78 is 7.39. The number of methoxy groups -OCH3 is 1. The lowest BCUT2D eigenvalue weighted by atomic mass is 10.1. The average molecular weight is 447 g/mol. The number of rotatable bonds is 7. The Morgan fingerprint density at radius 3 is 2.55 bits per heavy atom. The zero-order chi connectivity index (χ0) is 23.6. The molecule has 2 aromatic carbocycles. The van der Waals surface area contributed by atoms with Gasteiger partial charge in [0, 0.05) is 29.7 Å². The fraction of sp³-hybridized carbons (Fsp3) is 0.360. The molecule has 33 heavy (non-hydrogen) atoms. The maximum absolute atomic E-state index is 12.9. The van der Waals surface area contributed by atoms with Gasteiger partial charge in [-0.25, -0.2) is 4.68 Å².